The Morgan fingerprint density at radius 2 is 1.73 bits per heavy atom. The van der Waals surface area contributed by atoms with Gasteiger partial charge in [0.05, 0.1) is 11.4 Å². The number of amides is 4. The number of rotatable bonds is 4. The second-order valence-electron chi connectivity index (χ2n) is 9.64. The fraction of sp³-hybridized carbons (Fsp3) is 0.185. The van der Waals surface area contributed by atoms with E-state index in [1.54, 1.807) is 17.4 Å². The summed E-state index contributed by atoms with van der Waals surface area (Å²) in [6.07, 6.45) is 0.328. The molecule has 6 rings (SSSR count). The molecular formula is C27H22FN4O5+. The van der Waals surface area contributed by atoms with Crippen molar-refractivity contribution in [2.75, 3.05) is 10.2 Å². The number of anilines is 2. The number of imide groups is 1. The summed E-state index contributed by atoms with van der Waals surface area (Å²) in [5.74, 6) is -4.61. The van der Waals surface area contributed by atoms with Gasteiger partial charge < -0.3 is 21.5 Å². The first-order chi connectivity index (χ1) is 17.7. The number of hydrogen-bond donors (Lipinski definition) is 4. The van der Waals surface area contributed by atoms with Crippen molar-refractivity contribution in [1.29, 1.82) is 0 Å². The molecule has 0 bridgehead atoms. The molecule has 3 aromatic rings. The summed E-state index contributed by atoms with van der Waals surface area (Å²) < 4.78 is 14.4. The Kier molecular flexibility index (Phi) is 4.93. The van der Waals surface area contributed by atoms with Gasteiger partial charge in [0.2, 0.25) is 23.3 Å². The molecule has 186 valence electrons. The average Bonchev–Trinajstić information content (AvgIpc) is 3.45. The van der Waals surface area contributed by atoms with Crippen LogP contribution in [0.25, 0.3) is 0 Å². The van der Waals surface area contributed by atoms with Crippen LogP contribution in [-0.4, -0.2) is 34.8 Å². The molecule has 9 nitrogen and oxygen atoms in total. The maximum Gasteiger partial charge on any atom is 0.291 e. The number of nitrogens with two attached hydrogens (primary N) is 2. The van der Waals surface area contributed by atoms with Gasteiger partial charge in [-0.25, -0.2) is 9.29 Å². The summed E-state index contributed by atoms with van der Waals surface area (Å²) in [5.41, 5.74) is 5.79. The quantitative estimate of drug-likeness (QED) is 0.390. The molecule has 1 spiro atoms. The predicted molar refractivity (Wildman–Crippen MR) is 129 cm³/mol. The number of fused-ring (bicyclic) bond motifs is 4. The molecule has 0 unspecified atom stereocenters. The molecule has 2 saturated heterocycles. The standard InChI is InChI=1S/C27H21FN4O5/c28-15-5-10-19-18(12-15)27(26(37)30-19)22-21(20(31-27)11-13-1-8-17(33)9-2-13)24(35)32(25(22)36)16-6-3-14(4-7-16)23(29)34/h1-10,12,20-22,31,33H,11H2,(H2,29,34)(H,30,37)/p+1/t20-,21+,22+,27-/m0/s1. The molecule has 0 aromatic heterocycles. The van der Waals surface area contributed by atoms with Crippen LogP contribution < -0.4 is 21.3 Å². The molecule has 6 N–H and O–H groups in total. The normalized spacial score (nSPS) is 25.9. The van der Waals surface area contributed by atoms with E-state index in [0.29, 0.717) is 17.7 Å². The molecule has 3 aromatic carbocycles. The van der Waals surface area contributed by atoms with Gasteiger partial charge >= 0.3 is 0 Å². The van der Waals surface area contributed by atoms with Crippen LogP contribution in [0, 0.1) is 17.7 Å². The number of primary amides is 1. The molecule has 3 aliphatic rings. The van der Waals surface area contributed by atoms with Gasteiger partial charge in [0.25, 0.3) is 5.91 Å². The van der Waals surface area contributed by atoms with Gasteiger partial charge in [-0.05, 0) is 60.2 Å². The number of nitrogens with one attached hydrogen (secondary N) is 1. The van der Waals surface area contributed by atoms with Crippen LogP contribution in [0.2, 0.25) is 0 Å². The maximum absolute atomic E-state index is 14.4. The number of carbonyl (C=O) groups excluding carboxylic acids is 4. The lowest BCUT2D eigenvalue weighted by molar-refractivity contribution is -0.733. The minimum atomic E-state index is -1.53. The lowest BCUT2D eigenvalue weighted by atomic mass is 9.76. The van der Waals surface area contributed by atoms with Crippen LogP contribution in [0.3, 0.4) is 0 Å². The Labute approximate surface area is 210 Å². The second kappa shape index (κ2) is 7.97. The first-order valence-electron chi connectivity index (χ1n) is 11.7. The topological polar surface area (TPSA) is 146 Å². The third kappa shape index (κ3) is 3.26. The first kappa shape index (κ1) is 22.9. The Bertz CT molecular complexity index is 1490. The molecule has 0 radical (unpaired) electrons. The summed E-state index contributed by atoms with van der Waals surface area (Å²) in [6, 6.07) is 15.7. The molecule has 37 heavy (non-hydrogen) atoms. The molecule has 3 heterocycles. The molecule has 0 saturated carbocycles. The van der Waals surface area contributed by atoms with E-state index in [0.717, 1.165) is 10.5 Å². The zero-order valence-electron chi connectivity index (χ0n) is 19.4. The van der Waals surface area contributed by atoms with Gasteiger partial charge in [-0.1, -0.05) is 12.1 Å². The highest BCUT2D eigenvalue weighted by molar-refractivity contribution is 6.25. The van der Waals surface area contributed by atoms with Crippen LogP contribution in [0.15, 0.2) is 66.7 Å². The summed E-state index contributed by atoms with van der Waals surface area (Å²) in [5, 5.41) is 14.2. The van der Waals surface area contributed by atoms with Crippen LogP contribution in [0.4, 0.5) is 15.8 Å². The summed E-state index contributed by atoms with van der Waals surface area (Å²) in [7, 11) is 0. The Balaban J connectivity index is 1.47. The Hall–Kier alpha value is -4.57. The van der Waals surface area contributed by atoms with Crippen molar-refractivity contribution in [2.24, 2.45) is 17.6 Å². The van der Waals surface area contributed by atoms with Crippen molar-refractivity contribution in [3.8, 4) is 5.75 Å². The van der Waals surface area contributed by atoms with E-state index in [9.17, 15) is 28.7 Å². The molecular weight excluding hydrogens is 479 g/mol. The Morgan fingerprint density at radius 1 is 1.03 bits per heavy atom. The van der Waals surface area contributed by atoms with Crippen molar-refractivity contribution in [2.45, 2.75) is 18.0 Å². The van der Waals surface area contributed by atoms with E-state index in [1.807, 2.05) is 0 Å². The van der Waals surface area contributed by atoms with Crippen molar-refractivity contribution >= 4 is 35.0 Å². The maximum atomic E-state index is 14.4. The largest absolute Gasteiger partial charge is 0.508 e. The number of halogens is 1. The molecule has 4 amide bonds. The zero-order chi connectivity index (χ0) is 26.1. The summed E-state index contributed by atoms with van der Waals surface area (Å²) >= 11 is 0. The number of carbonyl (C=O) groups is 4. The van der Waals surface area contributed by atoms with Crippen molar-refractivity contribution < 1.29 is 34.0 Å². The fourth-order valence-corrected chi connectivity index (χ4v) is 6.06. The highest BCUT2D eigenvalue weighted by Crippen LogP contribution is 2.50. The van der Waals surface area contributed by atoms with E-state index in [4.69, 9.17) is 5.73 Å². The van der Waals surface area contributed by atoms with E-state index in [2.05, 4.69) is 5.32 Å². The van der Waals surface area contributed by atoms with Gasteiger partial charge in [-0.15, -0.1) is 0 Å². The van der Waals surface area contributed by atoms with Gasteiger partial charge in [0.1, 0.15) is 29.4 Å². The summed E-state index contributed by atoms with van der Waals surface area (Å²) in [6.45, 7) is 0. The molecule has 4 atom stereocenters. The molecule has 10 heteroatoms. The first-order valence-corrected chi connectivity index (χ1v) is 11.7. The minimum Gasteiger partial charge on any atom is -0.508 e. The molecule has 0 aliphatic carbocycles. The number of hydrogen-bond acceptors (Lipinski definition) is 5. The highest BCUT2D eigenvalue weighted by atomic mass is 19.1. The summed E-state index contributed by atoms with van der Waals surface area (Å²) in [4.78, 5) is 53.9. The SMILES string of the molecule is NC(=O)c1ccc(N2C(=O)[C@@H]3[C@H](Cc4ccc(O)cc4)[NH2+][C@]4(C(=O)Nc5ccc(F)cc54)[C@H]3C2=O)cc1. The number of aromatic hydroxyl groups is 1. The lowest BCUT2D eigenvalue weighted by Crippen LogP contribution is -2.99. The third-order valence-electron chi connectivity index (χ3n) is 7.65. The highest BCUT2D eigenvalue weighted by Gasteiger charge is 2.74. The van der Waals surface area contributed by atoms with E-state index in [1.165, 1.54) is 54.6 Å². The number of phenolic OH excluding ortho intramolecular Hbond substituents is 1. The zero-order valence-corrected chi connectivity index (χ0v) is 19.4. The fourth-order valence-electron chi connectivity index (χ4n) is 6.06. The average molecular weight is 501 g/mol. The van der Waals surface area contributed by atoms with Gasteiger partial charge in [0, 0.05) is 17.5 Å². The third-order valence-corrected chi connectivity index (χ3v) is 7.65. The van der Waals surface area contributed by atoms with E-state index in [-0.39, 0.29) is 17.0 Å². The van der Waals surface area contributed by atoms with Crippen molar-refractivity contribution in [1.82, 2.24) is 0 Å². The van der Waals surface area contributed by atoms with E-state index < -0.39 is 52.9 Å². The molecule has 2 fully saturated rings. The predicted octanol–water partition coefficient (Wildman–Crippen LogP) is 0.772. The minimum absolute atomic E-state index is 0.0887. The van der Waals surface area contributed by atoms with Crippen molar-refractivity contribution in [3.05, 3.63) is 89.2 Å². The number of phenols is 1. The van der Waals surface area contributed by atoms with Gasteiger partial charge in [-0.3, -0.25) is 19.2 Å². The smallest absolute Gasteiger partial charge is 0.291 e. The Morgan fingerprint density at radius 3 is 2.41 bits per heavy atom. The van der Waals surface area contributed by atoms with Crippen LogP contribution >= 0.6 is 0 Å². The van der Waals surface area contributed by atoms with Gasteiger partial charge in [-0.2, -0.15) is 0 Å². The second-order valence-corrected chi connectivity index (χ2v) is 9.64. The van der Waals surface area contributed by atoms with Crippen LogP contribution in [0.1, 0.15) is 21.5 Å². The monoisotopic (exact) mass is 501 g/mol. The van der Waals surface area contributed by atoms with Crippen molar-refractivity contribution in [3.63, 3.8) is 0 Å². The number of benzene rings is 3. The number of nitrogens with zero attached hydrogens (tertiary/aromatic N) is 1. The molecule has 3 aliphatic heterocycles. The lowest BCUT2D eigenvalue weighted by Gasteiger charge is -2.26. The number of quaternary nitrogens is 1. The van der Waals surface area contributed by atoms with Crippen LogP contribution in [-0.2, 0) is 26.3 Å². The van der Waals surface area contributed by atoms with Gasteiger partial charge in [0.15, 0.2) is 0 Å². The van der Waals surface area contributed by atoms with E-state index >= 15 is 0 Å². The van der Waals surface area contributed by atoms with Crippen LogP contribution in [0.5, 0.6) is 5.75 Å².